The monoisotopic (exact) mass is 279 g/mol. The van der Waals surface area contributed by atoms with E-state index in [9.17, 15) is 5.11 Å². The van der Waals surface area contributed by atoms with E-state index in [2.05, 4.69) is 0 Å². The van der Waals surface area contributed by atoms with E-state index in [0.717, 1.165) is 59.6 Å². The molecule has 0 saturated heterocycles. The van der Waals surface area contributed by atoms with Crippen molar-refractivity contribution < 1.29 is 19.3 Å². The van der Waals surface area contributed by atoms with Gasteiger partial charge in [0, 0.05) is 16.7 Å². The van der Waals surface area contributed by atoms with Gasteiger partial charge < -0.3 is 25.1 Å². The number of aliphatic hydroxyl groups is 1. The minimum absolute atomic E-state index is 0.103. The summed E-state index contributed by atoms with van der Waals surface area (Å²) >= 11 is 0. The van der Waals surface area contributed by atoms with Gasteiger partial charge in [-0.15, -0.1) is 0 Å². The third-order valence-electron chi connectivity index (χ3n) is 4.00. The number of fused-ring (bicyclic) bond motifs is 2. The first-order chi connectivity index (χ1) is 9.77. The Morgan fingerprint density at radius 3 is 2.45 bits per heavy atom. The molecule has 0 bridgehead atoms. The number of methoxy groups -OCH3 is 1. The normalized spacial score (nSPS) is 18.4. The lowest BCUT2D eigenvalue weighted by Crippen LogP contribution is -2.24. The molecular weight excluding hydrogens is 258 g/mol. The molecule has 1 unspecified atom stereocenters. The number of ether oxygens (including phenoxy) is 3. The fraction of sp³-hybridized carbons (Fsp3) is 0.600. The summed E-state index contributed by atoms with van der Waals surface area (Å²) in [5.41, 5.74) is 9.07. The third kappa shape index (κ3) is 2.01. The third-order valence-corrected chi connectivity index (χ3v) is 4.00. The first-order valence-electron chi connectivity index (χ1n) is 7.15. The maximum Gasteiger partial charge on any atom is 0.167 e. The van der Waals surface area contributed by atoms with Crippen LogP contribution in [-0.4, -0.2) is 32.0 Å². The van der Waals surface area contributed by atoms with E-state index in [-0.39, 0.29) is 6.61 Å². The molecule has 0 aromatic heterocycles. The van der Waals surface area contributed by atoms with Gasteiger partial charge >= 0.3 is 0 Å². The largest absolute Gasteiger partial charge is 0.493 e. The molecule has 0 fully saturated rings. The van der Waals surface area contributed by atoms with Crippen molar-refractivity contribution in [3.8, 4) is 17.2 Å². The second kappa shape index (κ2) is 5.50. The summed E-state index contributed by atoms with van der Waals surface area (Å²) in [5, 5.41) is 9.47. The van der Waals surface area contributed by atoms with Gasteiger partial charge in [0.05, 0.1) is 33.0 Å². The van der Waals surface area contributed by atoms with Crippen molar-refractivity contribution in [2.75, 3.05) is 26.9 Å². The summed E-state index contributed by atoms with van der Waals surface area (Å²) in [4.78, 5) is 0. The Morgan fingerprint density at radius 2 is 1.80 bits per heavy atom. The highest BCUT2D eigenvalue weighted by atomic mass is 16.5. The van der Waals surface area contributed by atoms with Crippen LogP contribution < -0.4 is 19.9 Å². The molecule has 0 aliphatic carbocycles. The molecule has 110 valence electrons. The summed E-state index contributed by atoms with van der Waals surface area (Å²) in [7, 11) is 1.66. The fourth-order valence-electron chi connectivity index (χ4n) is 3.14. The molecular formula is C15H21NO4. The van der Waals surface area contributed by atoms with Crippen LogP contribution in [0, 0.1) is 0 Å². The van der Waals surface area contributed by atoms with Crippen LogP contribution >= 0.6 is 0 Å². The van der Waals surface area contributed by atoms with Crippen molar-refractivity contribution in [1.82, 2.24) is 0 Å². The van der Waals surface area contributed by atoms with Crippen LogP contribution in [-0.2, 0) is 12.8 Å². The lowest BCUT2D eigenvalue weighted by molar-refractivity contribution is 0.236. The van der Waals surface area contributed by atoms with Gasteiger partial charge in [0.1, 0.15) is 5.75 Å². The molecule has 0 amide bonds. The zero-order chi connectivity index (χ0) is 14.1. The summed E-state index contributed by atoms with van der Waals surface area (Å²) in [5.74, 6) is 2.38. The lowest BCUT2D eigenvalue weighted by Gasteiger charge is -2.31. The topological polar surface area (TPSA) is 73.9 Å². The van der Waals surface area contributed by atoms with Crippen LogP contribution in [0.5, 0.6) is 17.2 Å². The predicted octanol–water partition coefficient (Wildman–Crippen LogP) is 1.34. The average molecular weight is 279 g/mol. The van der Waals surface area contributed by atoms with E-state index in [1.54, 1.807) is 7.11 Å². The molecule has 1 aromatic rings. The number of hydrogen-bond acceptors (Lipinski definition) is 5. The molecule has 0 saturated carbocycles. The van der Waals surface area contributed by atoms with E-state index >= 15 is 0 Å². The van der Waals surface area contributed by atoms with E-state index < -0.39 is 6.04 Å². The molecule has 1 aromatic carbocycles. The summed E-state index contributed by atoms with van der Waals surface area (Å²) in [6.07, 6.45) is 3.67. The molecule has 1 atom stereocenters. The minimum Gasteiger partial charge on any atom is -0.493 e. The highest BCUT2D eigenvalue weighted by molar-refractivity contribution is 5.65. The lowest BCUT2D eigenvalue weighted by atomic mass is 9.89. The molecule has 3 N–H and O–H groups in total. The van der Waals surface area contributed by atoms with Crippen LogP contribution in [0.3, 0.4) is 0 Å². The molecule has 5 heteroatoms. The summed E-state index contributed by atoms with van der Waals surface area (Å²) < 4.78 is 17.3. The number of nitrogens with two attached hydrogens (primary N) is 1. The van der Waals surface area contributed by atoms with Crippen molar-refractivity contribution in [2.24, 2.45) is 5.73 Å². The van der Waals surface area contributed by atoms with E-state index in [4.69, 9.17) is 19.9 Å². The first-order valence-corrected chi connectivity index (χ1v) is 7.15. The zero-order valence-electron chi connectivity index (χ0n) is 11.8. The molecule has 3 rings (SSSR count). The molecule has 0 radical (unpaired) electrons. The van der Waals surface area contributed by atoms with Crippen molar-refractivity contribution in [3.05, 3.63) is 16.7 Å². The predicted molar refractivity (Wildman–Crippen MR) is 74.6 cm³/mol. The van der Waals surface area contributed by atoms with Crippen LogP contribution in [0.4, 0.5) is 0 Å². The molecule has 5 nitrogen and oxygen atoms in total. The Balaban J connectivity index is 2.26. The van der Waals surface area contributed by atoms with Crippen LogP contribution in [0.25, 0.3) is 0 Å². The standard InChI is InChI=1S/C15H21NO4/c1-18-14-10-5-3-6-19-13(10)12(11(16)8-17)9-4-2-7-20-15(9)14/h11,17H,2-8,16H2,1H3. The van der Waals surface area contributed by atoms with E-state index in [1.807, 2.05) is 0 Å². The van der Waals surface area contributed by atoms with E-state index in [0.29, 0.717) is 13.2 Å². The summed E-state index contributed by atoms with van der Waals surface area (Å²) in [6.45, 7) is 1.27. The molecule has 2 heterocycles. The highest BCUT2D eigenvalue weighted by Crippen LogP contribution is 2.49. The molecule has 2 aliphatic heterocycles. The number of hydrogen-bond donors (Lipinski definition) is 2. The maximum absolute atomic E-state index is 9.47. The smallest absolute Gasteiger partial charge is 0.167 e. The quantitative estimate of drug-likeness (QED) is 0.873. The number of rotatable bonds is 3. The number of benzene rings is 1. The van der Waals surface area contributed by atoms with Gasteiger partial charge in [0.15, 0.2) is 11.5 Å². The zero-order valence-corrected chi connectivity index (χ0v) is 11.8. The SMILES string of the molecule is COc1c2c(c(C(N)CO)c3c1OCCC3)OCCC2. The maximum atomic E-state index is 9.47. The summed E-state index contributed by atoms with van der Waals surface area (Å²) in [6, 6.07) is -0.441. The first kappa shape index (κ1) is 13.5. The molecule has 20 heavy (non-hydrogen) atoms. The Bertz CT molecular complexity index is 478. The Morgan fingerprint density at radius 1 is 1.15 bits per heavy atom. The van der Waals surface area contributed by atoms with Crippen molar-refractivity contribution in [2.45, 2.75) is 31.7 Å². The van der Waals surface area contributed by atoms with Crippen LogP contribution in [0.1, 0.15) is 35.6 Å². The van der Waals surface area contributed by atoms with Gasteiger partial charge in [0.25, 0.3) is 0 Å². The van der Waals surface area contributed by atoms with Crippen molar-refractivity contribution >= 4 is 0 Å². The van der Waals surface area contributed by atoms with Crippen molar-refractivity contribution in [1.29, 1.82) is 0 Å². The van der Waals surface area contributed by atoms with E-state index in [1.165, 1.54) is 0 Å². The highest BCUT2D eigenvalue weighted by Gasteiger charge is 2.32. The number of aliphatic hydroxyl groups excluding tert-OH is 1. The Kier molecular flexibility index (Phi) is 3.72. The Labute approximate surface area is 118 Å². The van der Waals surface area contributed by atoms with Crippen LogP contribution in [0.15, 0.2) is 0 Å². The fourth-order valence-corrected chi connectivity index (χ4v) is 3.14. The van der Waals surface area contributed by atoms with Gasteiger partial charge in [-0.05, 0) is 25.7 Å². The van der Waals surface area contributed by atoms with Gasteiger partial charge in [-0.2, -0.15) is 0 Å². The Hall–Kier alpha value is -1.46. The minimum atomic E-state index is -0.441. The van der Waals surface area contributed by atoms with Gasteiger partial charge in [0.2, 0.25) is 0 Å². The van der Waals surface area contributed by atoms with Gasteiger partial charge in [-0.25, -0.2) is 0 Å². The van der Waals surface area contributed by atoms with Gasteiger partial charge in [-0.3, -0.25) is 0 Å². The van der Waals surface area contributed by atoms with Crippen LogP contribution in [0.2, 0.25) is 0 Å². The second-order valence-electron chi connectivity index (χ2n) is 5.26. The van der Waals surface area contributed by atoms with Gasteiger partial charge in [-0.1, -0.05) is 0 Å². The molecule has 2 aliphatic rings. The van der Waals surface area contributed by atoms with Crippen molar-refractivity contribution in [3.63, 3.8) is 0 Å². The average Bonchev–Trinajstić information content (AvgIpc) is 2.51. The molecule has 0 spiro atoms. The second-order valence-corrected chi connectivity index (χ2v) is 5.26.